The normalized spacial score (nSPS) is 11.1. The number of halogens is 1. The minimum absolute atomic E-state index is 0.368. The van der Waals surface area contributed by atoms with E-state index in [0.717, 1.165) is 16.8 Å². The predicted octanol–water partition coefficient (Wildman–Crippen LogP) is 5.92. The summed E-state index contributed by atoms with van der Waals surface area (Å²) in [5, 5.41) is 0.642. The summed E-state index contributed by atoms with van der Waals surface area (Å²) >= 11 is 5.86. The third-order valence-corrected chi connectivity index (χ3v) is 4.15. The van der Waals surface area contributed by atoms with Crippen molar-refractivity contribution in [2.24, 2.45) is 0 Å². The smallest absolute Gasteiger partial charge is 0.336 e. The van der Waals surface area contributed by atoms with Crippen LogP contribution in [0.2, 0.25) is 5.02 Å². The van der Waals surface area contributed by atoms with Crippen molar-refractivity contribution in [3.63, 3.8) is 0 Å². The number of pyridine rings is 1. The number of hydrogen-bond acceptors (Lipinski definition) is 4. The number of nitrogens with zero attached hydrogens (tertiary/aromatic N) is 1. The van der Waals surface area contributed by atoms with Gasteiger partial charge in [0, 0.05) is 17.3 Å². The van der Waals surface area contributed by atoms with E-state index in [2.05, 4.69) is 4.98 Å². The van der Waals surface area contributed by atoms with Crippen molar-refractivity contribution in [1.29, 1.82) is 0 Å². The number of hydrogen-bond donors (Lipinski definition) is 0. The fraction of sp³-hybridized carbons (Fsp3) is 0.0833. The van der Waals surface area contributed by atoms with E-state index in [-0.39, 0.29) is 0 Å². The van der Waals surface area contributed by atoms with Gasteiger partial charge in [-0.1, -0.05) is 41.9 Å². The van der Waals surface area contributed by atoms with Crippen molar-refractivity contribution in [1.82, 2.24) is 4.98 Å². The quantitative estimate of drug-likeness (QED) is 0.278. The highest BCUT2D eigenvalue weighted by Gasteiger charge is 2.09. The van der Waals surface area contributed by atoms with Crippen molar-refractivity contribution in [3.05, 3.63) is 94.8 Å². The van der Waals surface area contributed by atoms with E-state index in [0.29, 0.717) is 23.1 Å². The highest BCUT2D eigenvalue weighted by atomic mass is 35.5. The summed E-state index contributed by atoms with van der Waals surface area (Å²) in [4.78, 5) is 16.4. The van der Waals surface area contributed by atoms with Crippen LogP contribution in [0.1, 0.15) is 23.7 Å². The Morgan fingerprint density at radius 3 is 2.48 bits per heavy atom. The van der Waals surface area contributed by atoms with E-state index in [1.54, 1.807) is 30.5 Å². The summed E-state index contributed by atoms with van der Waals surface area (Å²) in [5.41, 5.74) is 2.62. The van der Waals surface area contributed by atoms with Gasteiger partial charge < -0.3 is 9.47 Å². The number of carbonyl (C=O) groups excluding carboxylic acids is 1. The number of carbonyl (C=O) groups is 1. The molecule has 146 valence electrons. The Morgan fingerprint density at radius 1 is 0.966 bits per heavy atom. The molecule has 0 fully saturated rings. The minimum atomic E-state index is -0.488. The molecule has 0 unspecified atom stereocenters. The molecular formula is C24H20ClNO3. The fourth-order valence-corrected chi connectivity index (χ4v) is 2.64. The molecule has 5 heteroatoms. The Bertz CT molecular complexity index is 1010. The van der Waals surface area contributed by atoms with E-state index >= 15 is 0 Å². The molecule has 0 bridgehead atoms. The van der Waals surface area contributed by atoms with Crippen LogP contribution in [0.25, 0.3) is 18.2 Å². The molecule has 2 aromatic carbocycles. The highest BCUT2D eigenvalue weighted by molar-refractivity contribution is 6.30. The molecule has 0 N–H and O–H groups in total. The molecule has 3 rings (SSSR count). The zero-order chi connectivity index (χ0) is 20.5. The monoisotopic (exact) mass is 405 g/mol. The highest BCUT2D eigenvalue weighted by Crippen LogP contribution is 2.29. The minimum Gasteiger partial charge on any atom is -0.490 e. The Labute approximate surface area is 175 Å². The van der Waals surface area contributed by atoms with E-state index < -0.39 is 5.97 Å². The zero-order valence-electron chi connectivity index (χ0n) is 15.9. The van der Waals surface area contributed by atoms with Gasteiger partial charge in [0.1, 0.15) is 0 Å². The summed E-state index contributed by atoms with van der Waals surface area (Å²) in [6.07, 6.45) is 8.62. The first kappa shape index (κ1) is 20.4. The van der Waals surface area contributed by atoms with E-state index in [9.17, 15) is 4.79 Å². The second-order valence-electron chi connectivity index (χ2n) is 6.03. The molecule has 1 heterocycles. The molecular weight excluding hydrogens is 386 g/mol. The van der Waals surface area contributed by atoms with E-state index in [1.165, 1.54) is 6.08 Å². The first-order valence-electron chi connectivity index (χ1n) is 9.15. The van der Waals surface area contributed by atoms with Crippen LogP contribution in [0.5, 0.6) is 11.5 Å². The molecule has 0 aliphatic rings. The van der Waals surface area contributed by atoms with E-state index in [4.69, 9.17) is 21.1 Å². The molecule has 0 spiro atoms. The van der Waals surface area contributed by atoms with Crippen molar-refractivity contribution >= 4 is 35.8 Å². The van der Waals surface area contributed by atoms with Gasteiger partial charge >= 0.3 is 5.97 Å². The number of rotatable bonds is 7. The van der Waals surface area contributed by atoms with Crippen molar-refractivity contribution < 1.29 is 14.3 Å². The molecule has 0 saturated carbocycles. The summed E-state index contributed by atoms with van der Waals surface area (Å²) in [5.74, 6) is 0.384. The van der Waals surface area contributed by atoms with Crippen LogP contribution in [0.4, 0.5) is 0 Å². The molecule has 0 amide bonds. The van der Waals surface area contributed by atoms with Crippen LogP contribution in [0.15, 0.2) is 72.9 Å². The first-order valence-corrected chi connectivity index (χ1v) is 9.53. The molecule has 4 nitrogen and oxygen atoms in total. The lowest BCUT2D eigenvalue weighted by atomic mass is 10.1. The molecule has 29 heavy (non-hydrogen) atoms. The molecule has 0 radical (unpaired) electrons. The van der Waals surface area contributed by atoms with Crippen LogP contribution in [-0.4, -0.2) is 17.6 Å². The second-order valence-corrected chi connectivity index (χ2v) is 6.47. The number of esters is 1. The maximum atomic E-state index is 12.2. The molecule has 0 aliphatic carbocycles. The number of benzene rings is 2. The van der Waals surface area contributed by atoms with Crippen molar-refractivity contribution in [3.8, 4) is 11.5 Å². The van der Waals surface area contributed by atoms with Gasteiger partial charge in [0.05, 0.1) is 12.3 Å². The van der Waals surface area contributed by atoms with Gasteiger partial charge in [-0.15, -0.1) is 0 Å². The molecule has 0 aliphatic heterocycles. The summed E-state index contributed by atoms with van der Waals surface area (Å²) in [7, 11) is 0. The summed E-state index contributed by atoms with van der Waals surface area (Å²) in [6.45, 7) is 2.33. The van der Waals surface area contributed by atoms with E-state index in [1.807, 2.05) is 61.5 Å². The Morgan fingerprint density at radius 2 is 1.76 bits per heavy atom. The summed E-state index contributed by atoms with van der Waals surface area (Å²) < 4.78 is 11.1. The third-order valence-electron chi connectivity index (χ3n) is 3.89. The second kappa shape index (κ2) is 10.2. The molecule has 0 atom stereocenters. The maximum absolute atomic E-state index is 12.2. The van der Waals surface area contributed by atoms with Crippen LogP contribution in [0, 0.1) is 0 Å². The maximum Gasteiger partial charge on any atom is 0.336 e. The third kappa shape index (κ3) is 6.33. The van der Waals surface area contributed by atoms with Crippen molar-refractivity contribution in [2.45, 2.75) is 6.92 Å². The SMILES string of the molecule is CCOc1cc(/C=C/c2ccccn2)ccc1OC(=O)/C=C/c1ccc(Cl)cc1. The average Bonchev–Trinajstić information content (AvgIpc) is 2.74. The molecule has 0 saturated heterocycles. The van der Waals surface area contributed by atoms with Gasteiger partial charge in [-0.25, -0.2) is 4.79 Å². The summed E-state index contributed by atoms with van der Waals surface area (Å²) in [6, 6.07) is 18.3. The number of ether oxygens (including phenoxy) is 2. The first-order chi connectivity index (χ1) is 14.1. The van der Waals surface area contributed by atoms with Gasteiger partial charge in [-0.05, 0) is 66.6 Å². The van der Waals surface area contributed by atoms with Crippen LogP contribution < -0.4 is 9.47 Å². The molecule has 3 aromatic rings. The van der Waals surface area contributed by atoms with Gasteiger partial charge in [0.25, 0.3) is 0 Å². The Balaban J connectivity index is 1.71. The lowest BCUT2D eigenvalue weighted by Gasteiger charge is -2.10. The van der Waals surface area contributed by atoms with Gasteiger partial charge in [0.15, 0.2) is 11.5 Å². The average molecular weight is 406 g/mol. The number of aromatic nitrogens is 1. The molecule has 1 aromatic heterocycles. The standard InChI is InChI=1S/C24H20ClNO3/c1-2-28-23-17-19(8-13-21-5-3-4-16-26-21)9-14-22(23)29-24(27)15-10-18-6-11-20(25)12-7-18/h3-17H,2H2,1H3/b13-8+,15-10+. The van der Waals surface area contributed by atoms with Gasteiger partial charge in [0.2, 0.25) is 0 Å². The Kier molecular flexibility index (Phi) is 7.20. The van der Waals surface area contributed by atoms with Crippen LogP contribution in [-0.2, 0) is 4.79 Å². The largest absolute Gasteiger partial charge is 0.490 e. The van der Waals surface area contributed by atoms with Crippen molar-refractivity contribution in [2.75, 3.05) is 6.61 Å². The zero-order valence-corrected chi connectivity index (χ0v) is 16.7. The lowest BCUT2D eigenvalue weighted by Crippen LogP contribution is -2.06. The Hall–Kier alpha value is -3.37. The topological polar surface area (TPSA) is 48.4 Å². The predicted molar refractivity (Wildman–Crippen MR) is 117 cm³/mol. The lowest BCUT2D eigenvalue weighted by molar-refractivity contribution is -0.129. The van der Waals surface area contributed by atoms with Gasteiger partial charge in [-0.2, -0.15) is 0 Å². The van der Waals surface area contributed by atoms with Gasteiger partial charge in [-0.3, -0.25) is 4.98 Å². The van der Waals surface area contributed by atoms with Crippen LogP contribution >= 0.6 is 11.6 Å². The van der Waals surface area contributed by atoms with Crippen LogP contribution in [0.3, 0.4) is 0 Å². The fourth-order valence-electron chi connectivity index (χ4n) is 2.52.